The van der Waals surface area contributed by atoms with Gasteiger partial charge in [-0.2, -0.15) is 0 Å². The molecule has 5 fully saturated rings. The minimum Gasteiger partial charge on any atom is -0.370 e. The molecule has 4 saturated carbocycles. The molecule has 0 spiro atoms. The van der Waals surface area contributed by atoms with Gasteiger partial charge < -0.3 is 18.9 Å². The first-order valence-electron chi connectivity index (χ1n) is 12.5. The maximum atomic E-state index is 6.80. The number of rotatable bonds is 0. The van der Waals surface area contributed by atoms with Crippen LogP contribution in [0, 0.1) is 0 Å². The first kappa shape index (κ1) is 19.8. The van der Waals surface area contributed by atoms with Gasteiger partial charge in [-0.1, -0.05) is 51.4 Å². The summed E-state index contributed by atoms with van der Waals surface area (Å²) in [6.07, 6.45) is 21.5. The molecule has 1 heterocycles. The van der Waals surface area contributed by atoms with Gasteiger partial charge in [0.05, 0.1) is 48.8 Å². The normalized spacial score (nSPS) is 48.0. The lowest BCUT2D eigenvalue weighted by molar-refractivity contribution is -0.239. The zero-order valence-corrected chi connectivity index (χ0v) is 17.6. The van der Waals surface area contributed by atoms with Crippen molar-refractivity contribution < 1.29 is 18.9 Å². The Labute approximate surface area is 171 Å². The van der Waals surface area contributed by atoms with Crippen LogP contribution in [0.2, 0.25) is 0 Å². The lowest BCUT2D eigenvalue weighted by Crippen LogP contribution is -2.51. The van der Waals surface area contributed by atoms with Crippen molar-refractivity contribution in [1.82, 2.24) is 0 Å². The molecule has 0 aromatic heterocycles. The molecule has 8 atom stereocenters. The van der Waals surface area contributed by atoms with E-state index in [0.717, 1.165) is 51.4 Å². The zero-order valence-electron chi connectivity index (χ0n) is 17.6. The monoisotopic (exact) mass is 392 g/mol. The first-order chi connectivity index (χ1) is 13.9. The highest BCUT2D eigenvalue weighted by Gasteiger charge is 2.41. The topological polar surface area (TPSA) is 36.9 Å². The Balaban J connectivity index is 1.40. The highest BCUT2D eigenvalue weighted by Crippen LogP contribution is 2.37. The van der Waals surface area contributed by atoms with Gasteiger partial charge in [0.2, 0.25) is 0 Å². The average Bonchev–Trinajstić information content (AvgIpc) is 2.73. The molecule has 0 bridgehead atoms. The highest BCUT2D eigenvalue weighted by atomic mass is 16.6. The van der Waals surface area contributed by atoms with Gasteiger partial charge in [-0.15, -0.1) is 0 Å². The van der Waals surface area contributed by atoms with Crippen LogP contribution < -0.4 is 0 Å². The molecule has 1 aliphatic heterocycles. The summed E-state index contributed by atoms with van der Waals surface area (Å²) in [4.78, 5) is 0. The van der Waals surface area contributed by atoms with Crippen LogP contribution in [-0.4, -0.2) is 48.8 Å². The Morgan fingerprint density at radius 2 is 0.393 bits per heavy atom. The van der Waals surface area contributed by atoms with Gasteiger partial charge in [-0.3, -0.25) is 0 Å². The van der Waals surface area contributed by atoms with Crippen LogP contribution in [0.4, 0.5) is 0 Å². The van der Waals surface area contributed by atoms with Crippen molar-refractivity contribution in [1.29, 1.82) is 0 Å². The van der Waals surface area contributed by atoms with Crippen molar-refractivity contribution in [3.63, 3.8) is 0 Å². The van der Waals surface area contributed by atoms with E-state index in [1.54, 1.807) is 0 Å². The van der Waals surface area contributed by atoms with E-state index < -0.39 is 0 Å². The summed E-state index contributed by atoms with van der Waals surface area (Å²) in [6.45, 7) is 0. The molecule has 160 valence electrons. The largest absolute Gasteiger partial charge is 0.370 e. The van der Waals surface area contributed by atoms with Crippen LogP contribution in [0.1, 0.15) is 103 Å². The number of fused-ring (bicyclic) bond motifs is 4. The average molecular weight is 393 g/mol. The van der Waals surface area contributed by atoms with Crippen LogP contribution in [0.15, 0.2) is 0 Å². The second-order valence-corrected chi connectivity index (χ2v) is 9.99. The molecule has 1 saturated heterocycles. The third-order valence-electron chi connectivity index (χ3n) is 7.97. The summed E-state index contributed by atoms with van der Waals surface area (Å²) < 4.78 is 27.2. The van der Waals surface area contributed by atoms with E-state index in [2.05, 4.69) is 0 Å². The Kier molecular flexibility index (Phi) is 6.59. The lowest BCUT2D eigenvalue weighted by Gasteiger charge is -2.45. The fraction of sp³-hybridized carbons (Fsp3) is 1.00. The molecule has 0 amide bonds. The molecule has 4 nitrogen and oxygen atoms in total. The summed E-state index contributed by atoms with van der Waals surface area (Å²) in [7, 11) is 0. The minimum absolute atomic E-state index is 0.257. The van der Waals surface area contributed by atoms with Crippen LogP contribution in [0.3, 0.4) is 0 Å². The molecule has 4 aliphatic carbocycles. The number of hydrogen-bond acceptors (Lipinski definition) is 4. The van der Waals surface area contributed by atoms with Crippen LogP contribution in [-0.2, 0) is 18.9 Å². The van der Waals surface area contributed by atoms with Gasteiger partial charge >= 0.3 is 0 Å². The Morgan fingerprint density at radius 1 is 0.250 bits per heavy atom. The van der Waals surface area contributed by atoms with E-state index in [1.165, 1.54) is 51.4 Å². The van der Waals surface area contributed by atoms with E-state index in [0.29, 0.717) is 0 Å². The fourth-order valence-corrected chi connectivity index (χ4v) is 6.39. The highest BCUT2D eigenvalue weighted by molar-refractivity contribution is 4.89. The summed E-state index contributed by atoms with van der Waals surface area (Å²) in [6, 6.07) is 0. The Hall–Kier alpha value is -0.160. The van der Waals surface area contributed by atoms with Gasteiger partial charge in [-0.25, -0.2) is 0 Å². The fourth-order valence-electron chi connectivity index (χ4n) is 6.39. The van der Waals surface area contributed by atoms with Crippen molar-refractivity contribution in [3.8, 4) is 0 Å². The quantitative estimate of drug-likeness (QED) is 0.560. The first-order valence-corrected chi connectivity index (χ1v) is 12.5. The standard InChI is InChI=1S/C24H40O4/c1-2-10-18-17(9-1)25-19-11-3-4-12-20(19)27-23-15-7-8-16-24(23)28-22-14-6-5-13-21(22)26-18/h17-24H,1-16H2. The van der Waals surface area contributed by atoms with Gasteiger partial charge in [0, 0.05) is 0 Å². The summed E-state index contributed by atoms with van der Waals surface area (Å²) in [5.41, 5.74) is 0. The molecule has 0 N–H and O–H groups in total. The zero-order chi connectivity index (χ0) is 18.8. The molecule has 0 aromatic carbocycles. The molecule has 4 heteroatoms. The van der Waals surface area contributed by atoms with Crippen LogP contribution >= 0.6 is 0 Å². The lowest BCUT2D eigenvalue weighted by atomic mass is 9.88. The van der Waals surface area contributed by atoms with Gasteiger partial charge in [0.15, 0.2) is 0 Å². The summed E-state index contributed by atoms with van der Waals surface area (Å²) >= 11 is 0. The predicted octanol–water partition coefficient (Wildman–Crippen LogP) is 5.31. The van der Waals surface area contributed by atoms with Gasteiger partial charge in [0.25, 0.3) is 0 Å². The Bertz CT molecular complexity index is 369. The maximum absolute atomic E-state index is 6.80. The van der Waals surface area contributed by atoms with Crippen molar-refractivity contribution in [2.45, 2.75) is 152 Å². The second kappa shape index (κ2) is 9.32. The smallest absolute Gasteiger partial charge is 0.0841 e. The van der Waals surface area contributed by atoms with Crippen molar-refractivity contribution in [2.75, 3.05) is 0 Å². The second-order valence-electron chi connectivity index (χ2n) is 9.99. The molecular formula is C24H40O4. The number of ether oxygens (including phenoxy) is 4. The van der Waals surface area contributed by atoms with E-state index in [4.69, 9.17) is 18.9 Å². The van der Waals surface area contributed by atoms with E-state index in [-0.39, 0.29) is 48.8 Å². The molecule has 0 aromatic rings. The Morgan fingerprint density at radius 3 is 0.536 bits per heavy atom. The van der Waals surface area contributed by atoms with Crippen LogP contribution in [0.25, 0.3) is 0 Å². The van der Waals surface area contributed by atoms with E-state index in [9.17, 15) is 0 Å². The van der Waals surface area contributed by atoms with E-state index >= 15 is 0 Å². The summed E-state index contributed by atoms with van der Waals surface area (Å²) in [5, 5.41) is 0. The van der Waals surface area contributed by atoms with Crippen LogP contribution in [0.5, 0.6) is 0 Å². The molecule has 5 aliphatic rings. The minimum atomic E-state index is 0.257. The summed E-state index contributed by atoms with van der Waals surface area (Å²) in [5.74, 6) is 0. The van der Waals surface area contributed by atoms with E-state index in [1.807, 2.05) is 0 Å². The molecule has 28 heavy (non-hydrogen) atoms. The van der Waals surface area contributed by atoms with Crippen molar-refractivity contribution >= 4 is 0 Å². The molecule has 8 unspecified atom stereocenters. The SMILES string of the molecule is C1CCC2OC3CCCCC3OC3CCCCC3OC3CCCCC3OC2C1. The molecule has 0 radical (unpaired) electrons. The third-order valence-corrected chi connectivity index (χ3v) is 7.97. The third kappa shape index (κ3) is 4.45. The van der Waals surface area contributed by atoms with Gasteiger partial charge in [0.1, 0.15) is 0 Å². The molecular weight excluding hydrogens is 352 g/mol. The number of hydrogen-bond donors (Lipinski definition) is 0. The molecule has 5 rings (SSSR count). The maximum Gasteiger partial charge on any atom is 0.0841 e. The predicted molar refractivity (Wildman–Crippen MR) is 109 cm³/mol. The van der Waals surface area contributed by atoms with Crippen molar-refractivity contribution in [3.05, 3.63) is 0 Å². The van der Waals surface area contributed by atoms with Gasteiger partial charge in [-0.05, 0) is 51.4 Å². The van der Waals surface area contributed by atoms with Crippen molar-refractivity contribution in [2.24, 2.45) is 0 Å².